The molecule has 2 N–H and O–H groups in total. The second kappa shape index (κ2) is 6.95. The Labute approximate surface area is 134 Å². The molecule has 3 rings (SSSR count). The molecule has 3 heterocycles. The van der Waals surface area contributed by atoms with Crippen molar-refractivity contribution < 1.29 is 4.79 Å². The van der Waals surface area contributed by atoms with E-state index < -0.39 is 0 Å². The molecular weight excluding hydrogens is 300 g/mol. The average molecular weight is 322 g/mol. The first-order chi connectivity index (χ1) is 10.7. The van der Waals surface area contributed by atoms with Crippen molar-refractivity contribution in [3.05, 3.63) is 11.6 Å². The molecule has 22 heavy (non-hydrogen) atoms. The summed E-state index contributed by atoms with van der Waals surface area (Å²) < 4.78 is 0. The van der Waals surface area contributed by atoms with Crippen LogP contribution < -0.4 is 10.6 Å². The number of likely N-dealkylation sites (tertiary alicyclic amines) is 1. The zero-order chi connectivity index (χ0) is 15.4. The van der Waals surface area contributed by atoms with Gasteiger partial charge in [0, 0.05) is 50.8 Å². The second-order valence-electron chi connectivity index (χ2n) is 5.55. The molecule has 0 aromatic carbocycles. The maximum Gasteiger partial charge on any atom is 0.244 e. The minimum Gasteiger partial charge on any atom is -0.370 e. The number of nitrogens with zero attached hydrogens (tertiary/aromatic N) is 5. The highest BCUT2D eigenvalue weighted by Crippen LogP contribution is 2.18. The van der Waals surface area contributed by atoms with Crippen molar-refractivity contribution in [2.75, 3.05) is 50.7 Å². The van der Waals surface area contributed by atoms with Crippen molar-refractivity contribution in [3.8, 4) is 0 Å². The van der Waals surface area contributed by atoms with Crippen LogP contribution in [0, 0.1) is 0 Å². The van der Waals surface area contributed by atoms with Crippen molar-refractivity contribution in [2.45, 2.75) is 12.8 Å². The third-order valence-corrected chi connectivity index (χ3v) is 4.96. The summed E-state index contributed by atoms with van der Waals surface area (Å²) in [5, 5.41) is 3.04. The summed E-state index contributed by atoms with van der Waals surface area (Å²) >= 11 is 1.65. The van der Waals surface area contributed by atoms with Crippen LogP contribution in [0.25, 0.3) is 0 Å². The van der Waals surface area contributed by atoms with E-state index >= 15 is 0 Å². The highest BCUT2D eigenvalue weighted by molar-refractivity contribution is 7.13. The quantitative estimate of drug-likeness (QED) is 0.635. The van der Waals surface area contributed by atoms with Crippen LogP contribution in [0.3, 0.4) is 0 Å². The molecule has 0 atom stereocenters. The van der Waals surface area contributed by atoms with Gasteiger partial charge in [-0.3, -0.25) is 4.79 Å². The molecular formula is C14H22N6OS. The Hall–Kier alpha value is -1.83. The van der Waals surface area contributed by atoms with E-state index in [0.717, 1.165) is 57.2 Å². The molecule has 1 aromatic rings. The molecule has 0 bridgehead atoms. The predicted octanol–water partition coefficient (Wildman–Crippen LogP) is 0.202. The predicted molar refractivity (Wildman–Crippen MR) is 88.2 cm³/mol. The number of aliphatic imine (C=N–C) groups is 1. The fraction of sp³-hybridized carbons (Fsp3) is 0.643. The number of amides is 1. The molecule has 1 aromatic heterocycles. The highest BCUT2D eigenvalue weighted by Gasteiger charge is 2.21. The Bertz CT molecular complexity index is 517. The van der Waals surface area contributed by atoms with Gasteiger partial charge in [0.25, 0.3) is 0 Å². The van der Waals surface area contributed by atoms with Crippen LogP contribution in [-0.4, -0.2) is 72.5 Å². The zero-order valence-electron chi connectivity index (χ0n) is 12.6. The fourth-order valence-electron chi connectivity index (χ4n) is 2.81. The SMILES string of the molecule is NC(=NCC(=O)N1CCCC1)N1CCN(c2nccs2)CC1. The van der Waals surface area contributed by atoms with Gasteiger partial charge in [-0.25, -0.2) is 9.98 Å². The molecule has 0 spiro atoms. The van der Waals surface area contributed by atoms with Gasteiger partial charge >= 0.3 is 0 Å². The van der Waals surface area contributed by atoms with E-state index in [1.807, 2.05) is 21.4 Å². The number of piperazine rings is 1. The smallest absolute Gasteiger partial charge is 0.244 e. The van der Waals surface area contributed by atoms with Crippen molar-refractivity contribution in [3.63, 3.8) is 0 Å². The molecule has 1 amide bonds. The molecule has 7 nitrogen and oxygen atoms in total. The minimum absolute atomic E-state index is 0.0851. The topological polar surface area (TPSA) is 78.1 Å². The van der Waals surface area contributed by atoms with E-state index in [0.29, 0.717) is 5.96 Å². The monoisotopic (exact) mass is 322 g/mol. The first-order valence-electron chi connectivity index (χ1n) is 7.71. The van der Waals surface area contributed by atoms with Gasteiger partial charge in [-0.15, -0.1) is 11.3 Å². The summed E-state index contributed by atoms with van der Waals surface area (Å²) in [6.45, 7) is 5.27. The average Bonchev–Trinajstić information content (AvgIpc) is 3.25. The number of thiazole rings is 1. The van der Waals surface area contributed by atoms with Crippen LogP contribution in [0.1, 0.15) is 12.8 Å². The third-order valence-electron chi connectivity index (χ3n) is 4.13. The normalized spacial score (nSPS) is 19.8. The summed E-state index contributed by atoms with van der Waals surface area (Å²) in [6.07, 6.45) is 4.03. The summed E-state index contributed by atoms with van der Waals surface area (Å²) in [5.74, 6) is 0.563. The van der Waals surface area contributed by atoms with Gasteiger partial charge in [0.2, 0.25) is 5.91 Å². The van der Waals surface area contributed by atoms with Crippen LogP contribution in [-0.2, 0) is 4.79 Å². The molecule has 2 aliphatic rings. The Balaban J connectivity index is 1.47. The lowest BCUT2D eigenvalue weighted by molar-refractivity contribution is -0.128. The Morgan fingerprint density at radius 2 is 1.91 bits per heavy atom. The summed E-state index contributed by atoms with van der Waals surface area (Å²) in [7, 11) is 0. The standard InChI is InChI=1S/C14H22N6OS/c15-13(17-11-12(21)18-4-1-2-5-18)19-6-8-20(9-7-19)14-16-3-10-22-14/h3,10H,1-2,4-9,11H2,(H2,15,17). The van der Waals surface area contributed by atoms with Gasteiger partial charge in [0.05, 0.1) is 0 Å². The maximum atomic E-state index is 12.0. The number of carbonyl (C=O) groups is 1. The second-order valence-corrected chi connectivity index (χ2v) is 6.42. The molecule has 2 aliphatic heterocycles. The molecule has 120 valence electrons. The van der Waals surface area contributed by atoms with Crippen molar-refractivity contribution in [2.24, 2.45) is 10.7 Å². The Morgan fingerprint density at radius 3 is 2.55 bits per heavy atom. The van der Waals surface area contributed by atoms with Gasteiger partial charge in [0.1, 0.15) is 6.54 Å². The number of nitrogens with two attached hydrogens (primary N) is 1. The number of anilines is 1. The minimum atomic E-state index is 0.0851. The molecule has 0 saturated carbocycles. The maximum absolute atomic E-state index is 12.0. The van der Waals surface area contributed by atoms with Crippen LogP contribution in [0.4, 0.5) is 5.13 Å². The Morgan fingerprint density at radius 1 is 1.18 bits per heavy atom. The van der Waals surface area contributed by atoms with Crippen molar-refractivity contribution >= 4 is 28.3 Å². The van der Waals surface area contributed by atoms with Crippen molar-refractivity contribution in [1.82, 2.24) is 14.8 Å². The van der Waals surface area contributed by atoms with Gasteiger partial charge in [-0.1, -0.05) is 0 Å². The molecule has 0 radical (unpaired) electrons. The van der Waals surface area contributed by atoms with Crippen LogP contribution in [0.5, 0.6) is 0 Å². The van der Waals surface area contributed by atoms with Gasteiger partial charge in [0.15, 0.2) is 11.1 Å². The summed E-state index contributed by atoms with van der Waals surface area (Å²) in [6, 6.07) is 0. The summed E-state index contributed by atoms with van der Waals surface area (Å²) in [4.78, 5) is 26.7. The molecule has 2 fully saturated rings. The highest BCUT2D eigenvalue weighted by atomic mass is 32.1. The largest absolute Gasteiger partial charge is 0.370 e. The number of guanidine groups is 1. The Kier molecular flexibility index (Phi) is 4.77. The van der Waals surface area contributed by atoms with E-state index in [9.17, 15) is 4.79 Å². The van der Waals surface area contributed by atoms with E-state index in [1.54, 1.807) is 11.3 Å². The lowest BCUT2D eigenvalue weighted by Crippen LogP contribution is -2.51. The number of hydrogen-bond acceptors (Lipinski definition) is 5. The zero-order valence-corrected chi connectivity index (χ0v) is 13.5. The van der Waals surface area contributed by atoms with Crippen molar-refractivity contribution in [1.29, 1.82) is 0 Å². The summed E-state index contributed by atoms with van der Waals surface area (Å²) in [5.41, 5.74) is 6.03. The van der Waals surface area contributed by atoms with Crippen LogP contribution in [0.15, 0.2) is 16.6 Å². The number of hydrogen-bond donors (Lipinski definition) is 1. The fourth-order valence-corrected chi connectivity index (χ4v) is 3.51. The van der Waals surface area contributed by atoms with Crippen LogP contribution >= 0.6 is 11.3 Å². The first-order valence-corrected chi connectivity index (χ1v) is 8.59. The van der Waals surface area contributed by atoms with E-state index in [-0.39, 0.29) is 12.5 Å². The number of rotatable bonds is 3. The molecule has 8 heteroatoms. The number of aromatic nitrogens is 1. The molecule has 0 aliphatic carbocycles. The molecule has 2 saturated heterocycles. The lowest BCUT2D eigenvalue weighted by Gasteiger charge is -2.35. The van der Waals surface area contributed by atoms with Gasteiger partial charge in [-0.05, 0) is 12.8 Å². The lowest BCUT2D eigenvalue weighted by atomic mass is 10.3. The van der Waals surface area contributed by atoms with E-state index in [4.69, 9.17) is 5.73 Å². The third kappa shape index (κ3) is 3.49. The van der Waals surface area contributed by atoms with E-state index in [2.05, 4.69) is 14.9 Å². The van der Waals surface area contributed by atoms with Gasteiger partial charge in [-0.2, -0.15) is 0 Å². The van der Waals surface area contributed by atoms with E-state index in [1.165, 1.54) is 0 Å². The number of carbonyl (C=O) groups excluding carboxylic acids is 1. The first kappa shape index (κ1) is 15.1. The van der Waals surface area contributed by atoms with Gasteiger partial charge < -0.3 is 20.4 Å². The van der Waals surface area contributed by atoms with Crippen LogP contribution in [0.2, 0.25) is 0 Å². The molecule has 0 unspecified atom stereocenters.